The minimum Gasteiger partial charge on any atom is -0.208 e. The third-order valence-electron chi connectivity index (χ3n) is 25.3. The van der Waals surface area contributed by atoms with Crippen molar-refractivity contribution in [2.75, 3.05) is 0 Å². The zero-order valence-electron chi connectivity index (χ0n) is 61.5. The average Bonchev–Trinajstić information content (AvgIpc) is 1.49. The molecule has 2 unspecified atom stereocenters. The van der Waals surface area contributed by atoms with Crippen molar-refractivity contribution in [3.63, 3.8) is 0 Å². The van der Waals surface area contributed by atoms with Crippen molar-refractivity contribution < 1.29 is 0 Å². The lowest BCUT2D eigenvalue weighted by Crippen LogP contribution is -2.26. The first kappa shape index (κ1) is 62.9. The maximum Gasteiger partial charge on any atom is 0.164 e. The summed E-state index contributed by atoms with van der Waals surface area (Å²) in [5, 5.41) is 21.6. The van der Waals surface area contributed by atoms with E-state index in [2.05, 4.69) is 279 Å². The zero-order valence-corrected chi connectivity index (χ0v) is 61.5. The highest BCUT2D eigenvalue weighted by molar-refractivity contribution is 6.38. The lowest BCUT2D eigenvalue weighted by molar-refractivity contribution is 0.797. The molecular formula is C108H62N6. The molecule has 0 fully saturated rings. The SMILES string of the molecule is c1ccc(-c2nc(-c3ccccc3)nc(-c3ccc(-c4cccc5c4-c4ccccc4C54c5cccc6c7cccc8ccc9ccc4c(c56)c9c87)cc3)n2)cc1.c1ccc(-c2nc(-c3ccccc3)nc(-c3cccc(-c4cccc5c4-c4ccccc4C54c5cccc6c7cccc8ccc9ccc4c(c56)c9c87)c3)n2)cc1. The molecule has 0 bridgehead atoms. The van der Waals surface area contributed by atoms with Crippen molar-refractivity contribution in [3.8, 4) is 113 Å². The van der Waals surface area contributed by atoms with Gasteiger partial charge < -0.3 is 0 Å². The summed E-state index contributed by atoms with van der Waals surface area (Å²) in [5.74, 6) is 3.93. The topological polar surface area (TPSA) is 77.3 Å². The summed E-state index contributed by atoms with van der Waals surface area (Å²) < 4.78 is 0. The van der Waals surface area contributed by atoms with Gasteiger partial charge in [-0.2, -0.15) is 0 Å². The Morgan fingerprint density at radius 3 is 0.851 bits per heavy atom. The van der Waals surface area contributed by atoms with E-state index in [9.17, 15) is 0 Å². The molecule has 6 nitrogen and oxygen atoms in total. The standard InChI is InChI=1S/2C54H31N3/c1-3-13-34(14-4-1)51-55-52(35-15-5-2-6-16-35)57-53(56-51)37-19-9-18-36(31-37)38-21-11-25-43-48(38)41-20-7-8-24-42(41)54(43)44-26-12-23-40-39-22-10-17-32-27-28-33-29-30-45(54)50(49(40)44)47(33)46(32)39;1-3-12-35(13-4-1)51-55-52(36-14-5-2-6-15-36)57-53(56-51)37-28-24-32(25-29-37)38-18-10-22-43-48(38)41-17-7-8-21-42(41)54(43)44-23-11-20-40-39-19-9-16-33-26-27-34-30-31-45(54)50(49(40)44)47(34)46(33)39/h2*1-31H. The van der Waals surface area contributed by atoms with Crippen LogP contribution in [0.25, 0.3) is 199 Å². The van der Waals surface area contributed by atoms with E-state index in [1.54, 1.807) is 0 Å². The maximum absolute atomic E-state index is 5.08. The van der Waals surface area contributed by atoms with Crippen molar-refractivity contribution in [2.45, 2.75) is 10.8 Å². The second-order valence-electron chi connectivity index (χ2n) is 30.8. The van der Waals surface area contributed by atoms with Crippen LogP contribution in [0.4, 0.5) is 0 Å². The summed E-state index contributed by atoms with van der Waals surface area (Å²) in [4.78, 5) is 30.0. The number of rotatable bonds is 8. The van der Waals surface area contributed by atoms with E-state index in [0.717, 1.165) is 44.5 Å². The van der Waals surface area contributed by atoms with Gasteiger partial charge in [0.15, 0.2) is 34.9 Å². The van der Waals surface area contributed by atoms with Crippen molar-refractivity contribution in [1.82, 2.24) is 29.9 Å². The quantitative estimate of drug-likeness (QED) is 0.111. The van der Waals surface area contributed by atoms with Gasteiger partial charge in [-0.1, -0.05) is 370 Å². The summed E-state index contributed by atoms with van der Waals surface area (Å²) in [6.07, 6.45) is 0. The van der Waals surface area contributed by atoms with Gasteiger partial charge in [0.05, 0.1) is 10.8 Å². The minimum absolute atomic E-state index is 0.437. The number of aromatic nitrogens is 6. The lowest BCUT2D eigenvalue weighted by atomic mass is 9.70. The lowest BCUT2D eigenvalue weighted by Gasteiger charge is -2.31. The molecule has 114 heavy (non-hydrogen) atoms. The fourth-order valence-electron chi connectivity index (χ4n) is 20.8. The van der Waals surface area contributed by atoms with Crippen LogP contribution >= 0.6 is 0 Å². The van der Waals surface area contributed by atoms with E-state index < -0.39 is 10.8 Å². The Labute approximate surface area is 656 Å². The Morgan fingerprint density at radius 1 is 0.149 bits per heavy atom. The van der Waals surface area contributed by atoms with Crippen LogP contribution in [-0.4, -0.2) is 29.9 Å². The monoisotopic (exact) mass is 1440 g/mol. The van der Waals surface area contributed by atoms with Crippen LogP contribution in [0.2, 0.25) is 0 Å². The predicted octanol–water partition coefficient (Wildman–Crippen LogP) is 26.5. The third kappa shape index (κ3) is 8.57. The molecule has 2 atom stereocenters. The van der Waals surface area contributed by atoms with Crippen molar-refractivity contribution in [2.24, 2.45) is 0 Å². The summed E-state index contributed by atoms with van der Waals surface area (Å²) in [7, 11) is 0. The van der Waals surface area contributed by atoms with E-state index in [4.69, 9.17) is 29.9 Å². The molecule has 0 N–H and O–H groups in total. The molecule has 0 radical (unpaired) electrons. The summed E-state index contributed by atoms with van der Waals surface area (Å²) >= 11 is 0. The minimum atomic E-state index is -0.456. The highest BCUT2D eigenvalue weighted by Crippen LogP contribution is 2.67. The molecular weight excluding hydrogens is 1380 g/mol. The molecule has 2 spiro atoms. The van der Waals surface area contributed by atoms with Gasteiger partial charge in [-0.25, -0.2) is 29.9 Å². The smallest absolute Gasteiger partial charge is 0.164 e. The van der Waals surface area contributed by atoms with Crippen molar-refractivity contribution in [3.05, 3.63) is 421 Å². The number of hydrogen-bond donors (Lipinski definition) is 0. The van der Waals surface area contributed by atoms with Crippen LogP contribution in [0.15, 0.2) is 376 Å². The van der Waals surface area contributed by atoms with Crippen LogP contribution in [-0.2, 0) is 10.8 Å². The first-order chi connectivity index (χ1) is 56.5. The molecule has 22 aromatic rings. The fourth-order valence-corrected chi connectivity index (χ4v) is 20.8. The van der Waals surface area contributed by atoms with Gasteiger partial charge in [0.2, 0.25) is 0 Å². The number of nitrogens with zero attached hydrogens (tertiary/aromatic N) is 6. The van der Waals surface area contributed by atoms with Gasteiger partial charge in [0.1, 0.15) is 0 Å². The van der Waals surface area contributed by atoms with Gasteiger partial charge in [0, 0.05) is 33.4 Å². The van der Waals surface area contributed by atoms with E-state index in [1.165, 1.54) is 164 Å². The molecule has 4 aliphatic rings. The summed E-state index contributed by atoms with van der Waals surface area (Å²) in [5.41, 5.74) is 25.6. The van der Waals surface area contributed by atoms with E-state index >= 15 is 0 Å². The van der Waals surface area contributed by atoms with Crippen LogP contribution in [0.3, 0.4) is 0 Å². The van der Waals surface area contributed by atoms with E-state index in [-0.39, 0.29) is 0 Å². The average molecular weight is 1440 g/mol. The molecule has 6 heteroatoms. The molecule has 2 heterocycles. The second kappa shape index (κ2) is 23.8. The summed E-state index contributed by atoms with van der Waals surface area (Å²) in [6, 6.07) is 137. The number of hydrogen-bond acceptors (Lipinski definition) is 6. The predicted molar refractivity (Wildman–Crippen MR) is 467 cm³/mol. The Hall–Kier alpha value is -15.0. The van der Waals surface area contributed by atoms with Crippen LogP contribution < -0.4 is 0 Å². The van der Waals surface area contributed by atoms with E-state index in [1.807, 2.05) is 97.1 Å². The van der Waals surface area contributed by atoms with Crippen LogP contribution in [0, 0.1) is 0 Å². The highest BCUT2D eigenvalue weighted by Gasteiger charge is 2.54. The Bertz CT molecular complexity index is 7720. The van der Waals surface area contributed by atoms with Crippen molar-refractivity contribution in [1.29, 1.82) is 0 Å². The molecule has 20 aromatic carbocycles. The number of benzene rings is 20. The molecule has 524 valence electrons. The van der Waals surface area contributed by atoms with Crippen LogP contribution in [0.1, 0.15) is 44.5 Å². The molecule has 4 aliphatic carbocycles. The highest BCUT2D eigenvalue weighted by atomic mass is 15.0. The Balaban J connectivity index is 0.000000129. The van der Waals surface area contributed by atoms with Gasteiger partial charge in [-0.3, -0.25) is 0 Å². The van der Waals surface area contributed by atoms with Gasteiger partial charge in [0.25, 0.3) is 0 Å². The molecule has 26 rings (SSSR count). The Kier molecular flexibility index (Phi) is 13.1. The number of fused-ring (bicyclic) bond motifs is 16. The van der Waals surface area contributed by atoms with E-state index in [0.29, 0.717) is 34.9 Å². The fraction of sp³-hybridized carbons (Fsp3) is 0.0185. The molecule has 2 aromatic heterocycles. The zero-order chi connectivity index (χ0) is 74.5. The van der Waals surface area contributed by atoms with Gasteiger partial charge >= 0.3 is 0 Å². The second-order valence-corrected chi connectivity index (χ2v) is 30.8. The molecule has 0 saturated heterocycles. The third-order valence-corrected chi connectivity index (χ3v) is 25.3. The van der Waals surface area contributed by atoms with Crippen molar-refractivity contribution >= 4 is 86.2 Å². The first-order valence-corrected chi connectivity index (χ1v) is 39.2. The molecule has 0 amide bonds. The van der Waals surface area contributed by atoms with Gasteiger partial charge in [-0.05, 0) is 181 Å². The van der Waals surface area contributed by atoms with Gasteiger partial charge in [-0.15, -0.1) is 0 Å². The summed E-state index contributed by atoms with van der Waals surface area (Å²) in [6.45, 7) is 0. The maximum atomic E-state index is 5.08. The normalized spacial score (nSPS) is 15.1. The Morgan fingerprint density at radius 2 is 0.421 bits per heavy atom. The molecule has 0 saturated carbocycles. The van der Waals surface area contributed by atoms with Crippen LogP contribution in [0.5, 0.6) is 0 Å². The molecule has 0 aliphatic heterocycles. The first-order valence-electron chi connectivity index (χ1n) is 39.2. The largest absolute Gasteiger partial charge is 0.208 e.